The van der Waals surface area contributed by atoms with Gasteiger partial charge in [0.15, 0.2) is 0 Å². The Morgan fingerprint density at radius 3 is 2.95 bits per heavy atom. The summed E-state index contributed by atoms with van der Waals surface area (Å²) in [7, 11) is 0. The zero-order valence-corrected chi connectivity index (χ0v) is 13.8. The van der Waals surface area contributed by atoms with E-state index < -0.39 is 6.10 Å². The molecule has 1 aliphatic rings. The van der Waals surface area contributed by atoms with Gasteiger partial charge in [0.2, 0.25) is 0 Å². The van der Waals surface area contributed by atoms with Gasteiger partial charge in [-0.05, 0) is 43.5 Å². The first kappa shape index (κ1) is 17.3. The molecule has 0 radical (unpaired) electrons. The highest BCUT2D eigenvalue weighted by molar-refractivity contribution is 7.99. The van der Waals surface area contributed by atoms with Crippen LogP contribution < -0.4 is 0 Å². The predicted molar refractivity (Wildman–Crippen MR) is 86.4 cm³/mol. The van der Waals surface area contributed by atoms with Crippen molar-refractivity contribution in [2.45, 2.75) is 36.9 Å². The van der Waals surface area contributed by atoms with Crippen molar-refractivity contribution in [2.75, 3.05) is 6.61 Å². The van der Waals surface area contributed by atoms with Crippen LogP contribution in [0.5, 0.6) is 0 Å². The molecule has 0 heterocycles. The van der Waals surface area contributed by atoms with Crippen LogP contribution in [0.2, 0.25) is 5.02 Å². The van der Waals surface area contributed by atoms with Crippen LogP contribution in [0.1, 0.15) is 25.3 Å². The van der Waals surface area contributed by atoms with E-state index in [4.69, 9.17) is 16.3 Å². The number of hydrogen-bond donors (Lipinski definition) is 1. The Labute approximate surface area is 138 Å². The van der Waals surface area contributed by atoms with Gasteiger partial charge in [0, 0.05) is 21.6 Å². The molecule has 0 aliphatic heterocycles. The Balaban J connectivity index is 2.06. The number of aliphatic hydroxyl groups is 1. The first-order chi connectivity index (χ1) is 10.5. The number of ether oxygens (including phenoxy) is 1. The summed E-state index contributed by atoms with van der Waals surface area (Å²) in [5, 5.41) is 10.0. The van der Waals surface area contributed by atoms with Crippen LogP contribution in [-0.4, -0.2) is 29.0 Å². The van der Waals surface area contributed by atoms with Crippen LogP contribution in [0.15, 0.2) is 29.8 Å². The average molecular weight is 345 g/mol. The third-order valence-electron chi connectivity index (χ3n) is 3.41. The molecule has 2 rings (SSSR count). The van der Waals surface area contributed by atoms with Gasteiger partial charge in [0.05, 0.1) is 12.7 Å². The maximum atomic E-state index is 13.0. The van der Waals surface area contributed by atoms with Crippen LogP contribution >= 0.6 is 23.4 Å². The van der Waals surface area contributed by atoms with Crippen molar-refractivity contribution in [1.29, 1.82) is 0 Å². The van der Waals surface area contributed by atoms with E-state index in [1.165, 1.54) is 12.1 Å². The fourth-order valence-corrected chi connectivity index (χ4v) is 3.89. The van der Waals surface area contributed by atoms with Crippen LogP contribution in [0.25, 0.3) is 0 Å². The number of esters is 1. The predicted octanol–water partition coefficient (Wildman–Crippen LogP) is 3.73. The molecule has 0 aromatic heterocycles. The molecule has 0 amide bonds. The number of halogens is 2. The van der Waals surface area contributed by atoms with E-state index in [1.807, 2.05) is 0 Å². The molecule has 0 spiro atoms. The summed E-state index contributed by atoms with van der Waals surface area (Å²) in [6, 6.07) is 4.30. The van der Waals surface area contributed by atoms with Crippen molar-refractivity contribution in [3.8, 4) is 0 Å². The van der Waals surface area contributed by atoms with Gasteiger partial charge in [-0.1, -0.05) is 17.7 Å². The van der Waals surface area contributed by atoms with E-state index in [2.05, 4.69) is 0 Å². The standard InChI is InChI=1S/C16H18ClFO3S/c1-2-21-16(20)13-8-12(19)5-6-15(13)22-9-10-3-4-11(18)7-14(10)17/h3-4,7-8,12,15,19H,2,5-6,9H2,1H3/t12-,15+/m0/s1. The SMILES string of the molecule is CCOC(=O)C1=C[C@@H](O)CC[C@H]1SCc1ccc(F)cc1Cl. The Hall–Kier alpha value is -1.04. The van der Waals surface area contributed by atoms with Gasteiger partial charge in [-0.25, -0.2) is 9.18 Å². The van der Waals surface area contributed by atoms with Gasteiger partial charge in [-0.3, -0.25) is 0 Å². The van der Waals surface area contributed by atoms with Crippen molar-refractivity contribution in [3.05, 3.63) is 46.3 Å². The highest BCUT2D eigenvalue weighted by atomic mass is 35.5. The van der Waals surface area contributed by atoms with E-state index in [0.29, 0.717) is 35.8 Å². The summed E-state index contributed by atoms with van der Waals surface area (Å²) in [6.45, 7) is 2.05. The zero-order valence-electron chi connectivity index (χ0n) is 12.2. The van der Waals surface area contributed by atoms with E-state index >= 15 is 0 Å². The van der Waals surface area contributed by atoms with Crippen molar-refractivity contribution < 1.29 is 19.0 Å². The summed E-state index contributed by atoms with van der Waals surface area (Å²) in [5.41, 5.74) is 1.33. The molecule has 0 saturated carbocycles. The summed E-state index contributed by atoms with van der Waals surface area (Å²) >= 11 is 7.57. The third kappa shape index (κ3) is 4.48. The molecule has 3 nitrogen and oxygen atoms in total. The number of carbonyl (C=O) groups is 1. The van der Waals surface area contributed by atoms with Gasteiger partial charge in [-0.15, -0.1) is 11.8 Å². The summed E-state index contributed by atoms with van der Waals surface area (Å²) < 4.78 is 18.1. The molecular weight excluding hydrogens is 327 g/mol. The van der Waals surface area contributed by atoms with Crippen LogP contribution in [0.3, 0.4) is 0 Å². The number of aliphatic hydroxyl groups excluding tert-OH is 1. The third-order valence-corrected chi connectivity index (χ3v) is 5.13. The molecular formula is C16H18ClFO3S. The average Bonchev–Trinajstić information content (AvgIpc) is 2.47. The molecule has 2 atom stereocenters. The maximum Gasteiger partial charge on any atom is 0.334 e. The highest BCUT2D eigenvalue weighted by Crippen LogP contribution is 2.34. The Bertz CT molecular complexity index is 577. The molecule has 6 heteroatoms. The lowest BCUT2D eigenvalue weighted by atomic mass is 9.97. The number of hydrogen-bond acceptors (Lipinski definition) is 4. The lowest BCUT2D eigenvalue weighted by Crippen LogP contribution is -2.25. The molecule has 0 fully saturated rings. The van der Waals surface area contributed by atoms with Crippen molar-refractivity contribution >= 4 is 29.3 Å². The minimum absolute atomic E-state index is 0.0523. The summed E-state index contributed by atoms with van der Waals surface area (Å²) in [4.78, 5) is 12.0. The van der Waals surface area contributed by atoms with Crippen molar-refractivity contribution in [2.24, 2.45) is 0 Å². The van der Waals surface area contributed by atoms with Gasteiger partial charge in [-0.2, -0.15) is 0 Å². The molecule has 1 aromatic carbocycles. The molecule has 22 heavy (non-hydrogen) atoms. The molecule has 0 bridgehead atoms. The van der Waals surface area contributed by atoms with E-state index in [1.54, 1.807) is 30.8 Å². The van der Waals surface area contributed by atoms with E-state index in [0.717, 1.165) is 5.56 Å². The minimum atomic E-state index is -0.606. The second-order valence-corrected chi connectivity index (χ2v) is 6.62. The molecule has 0 unspecified atom stereocenters. The van der Waals surface area contributed by atoms with Crippen LogP contribution in [0, 0.1) is 5.82 Å². The maximum absolute atomic E-state index is 13.0. The first-order valence-electron chi connectivity index (χ1n) is 7.13. The minimum Gasteiger partial charge on any atom is -0.463 e. The summed E-state index contributed by atoms with van der Waals surface area (Å²) in [5.74, 6) is -0.188. The number of carbonyl (C=O) groups excluding carboxylic acids is 1. The Morgan fingerprint density at radius 1 is 1.50 bits per heavy atom. The van der Waals surface area contributed by atoms with Gasteiger partial charge in [0.1, 0.15) is 5.82 Å². The lowest BCUT2D eigenvalue weighted by Gasteiger charge is -2.25. The summed E-state index contributed by atoms with van der Waals surface area (Å²) in [6.07, 6.45) is 2.27. The Morgan fingerprint density at radius 2 is 2.27 bits per heavy atom. The topological polar surface area (TPSA) is 46.5 Å². The Kier molecular flexibility index (Phi) is 6.29. The number of benzene rings is 1. The largest absolute Gasteiger partial charge is 0.463 e. The smallest absolute Gasteiger partial charge is 0.334 e. The zero-order chi connectivity index (χ0) is 16.1. The quantitative estimate of drug-likeness (QED) is 0.827. The van der Waals surface area contributed by atoms with Crippen LogP contribution in [-0.2, 0) is 15.3 Å². The van der Waals surface area contributed by atoms with Crippen molar-refractivity contribution in [1.82, 2.24) is 0 Å². The van der Waals surface area contributed by atoms with E-state index in [9.17, 15) is 14.3 Å². The molecule has 1 aromatic rings. The van der Waals surface area contributed by atoms with Gasteiger partial charge >= 0.3 is 5.97 Å². The van der Waals surface area contributed by atoms with E-state index in [-0.39, 0.29) is 17.0 Å². The molecule has 1 N–H and O–H groups in total. The molecule has 120 valence electrons. The van der Waals surface area contributed by atoms with Gasteiger partial charge < -0.3 is 9.84 Å². The molecule has 0 saturated heterocycles. The number of thioether (sulfide) groups is 1. The fraction of sp³-hybridized carbons (Fsp3) is 0.438. The highest BCUT2D eigenvalue weighted by Gasteiger charge is 2.28. The normalized spacial score (nSPS) is 21.4. The van der Waals surface area contributed by atoms with Crippen LogP contribution in [0.4, 0.5) is 4.39 Å². The second-order valence-electron chi connectivity index (χ2n) is 5.02. The first-order valence-corrected chi connectivity index (χ1v) is 8.56. The molecule has 1 aliphatic carbocycles. The van der Waals surface area contributed by atoms with Gasteiger partial charge in [0.25, 0.3) is 0 Å². The van der Waals surface area contributed by atoms with Crippen molar-refractivity contribution in [3.63, 3.8) is 0 Å². The number of rotatable bonds is 5. The second kappa shape index (κ2) is 7.99. The fourth-order valence-electron chi connectivity index (χ4n) is 2.29. The lowest BCUT2D eigenvalue weighted by molar-refractivity contribution is -0.138. The monoisotopic (exact) mass is 344 g/mol.